The van der Waals surface area contributed by atoms with Crippen LogP contribution in [-0.4, -0.2) is 32.1 Å². The van der Waals surface area contributed by atoms with Crippen molar-refractivity contribution in [3.8, 4) is 11.5 Å². The molecule has 1 N–H and O–H groups in total. The Morgan fingerprint density at radius 1 is 1.12 bits per heavy atom. The van der Waals surface area contributed by atoms with Gasteiger partial charge in [-0.15, -0.1) is 11.8 Å². The number of hydrogen-bond acceptors (Lipinski definition) is 5. The van der Waals surface area contributed by atoms with Gasteiger partial charge in [-0.3, -0.25) is 4.79 Å². The van der Waals surface area contributed by atoms with Crippen molar-refractivity contribution in [2.24, 2.45) is 5.10 Å². The molecule has 0 aliphatic carbocycles. The zero-order valence-electron chi connectivity index (χ0n) is 15.5. The number of hydrazone groups is 1. The van der Waals surface area contributed by atoms with E-state index in [4.69, 9.17) is 9.47 Å². The largest absolute Gasteiger partial charge is 0.497 e. The number of nitrogens with one attached hydrogen (secondary N) is 1. The molecule has 2 rings (SSSR count). The quantitative estimate of drug-likeness (QED) is 0.567. The topological polar surface area (TPSA) is 59.9 Å². The number of carbonyl (C=O) groups is 1. The molecule has 0 saturated carbocycles. The number of nitrogens with zero attached hydrogens (tertiary/aromatic N) is 1. The lowest BCUT2D eigenvalue weighted by Crippen LogP contribution is -2.19. The maximum atomic E-state index is 11.9. The highest BCUT2D eigenvalue weighted by Crippen LogP contribution is 2.23. The second-order valence-electron chi connectivity index (χ2n) is 5.89. The number of hydrogen-bond donors (Lipinski definition) is 1. The summed E-state index contributed by atoms with van der Waals surface area (Å²) in [6.07, 6.45) is 1.56. The summed E-state index contributed by atoms with van der Waals surface area (Å²) in [5.41, 5.74) is 7.01. The lowest BCUT2D eigenvalue weighted by Gasteiger charge is -2.07. The Morgan fingerprint density at radius 3 is 2.50 bits per heavy atom. The van der Waals surface area contributed by atoms with E-state index in [1.54, 1.807) is 38.3 Å². The first kappa shape index (κ1) is 19.8. The van der Waals surface area contributed by atoms with E-state index >= 15 is 0 Å². The molecule has 0 aliphatic rings. The third-order valence-corrected chi connectivity index (χ3v) is 4.62. The van der Waals surface area contributed by atoms with Crippen molar-refractivity contribution in [1.29, 1.82) is 0 Å². The van der Waals surface area contributed by atoms with Crippen LogP contribution >= 0.6 is 11.8 Å². The fourth-order valence-corrected chi connectivity index (χ4v) is 3.30. The van der Waals surface area contributed by atoms with E-state index < -0.39 is 0 Å². The first-order valence-electron chi connectivity index (χ1n) is 8.20. The third-order valence-electron chi connectivity index (χ3n) is 3.62. The highest BCUT2D eigenvalue weighted by atomic mass is 32.2. The number of carbonyl (C=O) groups excluding carboxylic acids is 1. The van der Waals surface area contributed by atoms with Gasteiger partial charge in [0.2, 0.25) is 5.91 Å². The van der Waals surface area contributed by atoms with Gasteiger partial charge in [-0.2, -0.15) is 5.10 Å². The molecule has 0 spiro atoms. The van der Waals surface area contributed by atoms with Gasteiger partial charge >= 0.3 is 0 Å². The zero-order chi connectivity index (χ0) is 18.9. The van der Waals surface area contributed by atoms with Gasteiger partial charge in [-0.25, -0.2) is 5.43 Å². The predicted molar refractivity (Wildman–Crippen MR) is 107 cm³/mol. The van der Waals surface area contributed by atoms with Gasteiger partial charge in [0, 0.05) is 17.4 Å². The van der Waals surface area contributed by atoms with Gasteiger partial charge in [0.1, 0.15) is 11.5 Å². The molecule has 0 atom stereocenters. The van der Waals surface area contributed by atoms with Crippen molar-refractivity contribution in [2.45, 2.75) is 19.6 Å². The molecule has 2 aromatic rings. The number of methoxy groups -OCH3 is 2. The SMILES string of the molecule is COc1ccc(/C=N\NC(=O)CSCc2cc(C)cc(C)c2)c(OC)c1. The summed E-state index contributed by atoms with van der Waals surface area (Å²) in [5, 5.41) is 4.00. The van der Waals surface area contributed by atoms with Crippen LogP contribution in [0.3, 0.4) is 0 Å². The van der Waals surface area contributed by atoms with Crippen molar-refractivity contribution in [3.63, 3.8) is 0 Å². The summed E-state index contributed by atoms with van der Waals surface area (Å²) in [6, 6.07) is 11.8. The molecule has 26 heavy (non-hydrogen) atoms. The van der Waals surface area contributed by atoms with Crippen molar-refractivity contribution in [2.75, 3.05) is 20.0 Å². The van der Waals surface area contributed by atoms with E-state index in [2.05, 4.69) is 42.6 Å². The van der Waals surface area contributed by atoms with E-state index in [-0.39, 0.29) is 5.91 Å². The van der Waals surface area contributed by atoms with Gasteiger partial charge < -0.3 is 9.47 Å². The van der Waals surface area contributed by atoms with E-state index in [1.807, 2.05) is 12.1 Å². The Labute approximate surface area is 158 Å². The Morgan fingerprint density at radius 2 is 1.85 bits per heavy atom. The van der Waals surface area contributed by atoms with Crippen LogP contribution in [0.1, 0.15) is 22.3 Å². The maximum absolute atomic E-state index is 11.9. The molecule has 0 fully saturated rings. The highest BCUT2D eigenvalue weighted by molar-refractivity contribution is 7.99. The minimum absolute atomic E-state index is 0.136. The number of aryl methyl sites for hydroxylation is 2. The second-order valence-corrected chi connectivity index (χ2v) is 6.88. The van der Waals surface area contributed by atoms with Crippen molar-refractivity contribution in [3.05, 3.63) is 58.7 Å². The van der Waals surface area contributed by atoms with Gasteiger partial charge in [-0.05, 0) is 31.5 Å². The van der Waals surface area contributed by atoms with Crippen LogP contribution < -0.4 is 14.9 Å². The molecule has 0 bridgehead atoms. The van der Waals surface area contributed by atoms with E-state index in [9.17, 15) is 4.79 Å². The summed E-state index contributed by atoms with van der Waals surface area (Å²) in [6.45, 7) is 4.16. The molecule has 2 aromatic carbocycles. The van der Waals surface area contributed by atoms with Gasteiger partial charge in [0.05, 0.1) is 26.2 Å². The van der Waals surface area contributed by atoms with Crippen LogP contribution in [0.15, 0.2) is 41.5 Å². The van der Waals surface area contributed by atoms with Crippen LogP contribution in [0.25, 0.3) is 0 Å². The standard InChI is InChI=1S/C20H24N2O3S/c1-14-7-15(2)9-16(8-14)12-26-13-20(23)22-21-11-17-5-6-18(24-3)10-19(17)25-4/h5-11H,12-13H2,1-4H3,(H,22,23)/b21-11-. The summed E-state index contributed by atoms with van der Waals surface area (Å²) in [5.74, 6) is 2.34. The van der Waals surface area contributed by atoms with Gasteiger partial charge in [0.15, 0.2) is 0 Å². The molecule has 0 saturated heterocycles. The average molecular weight is 372 g/mol. The zero-order valence-corrected chi connectivity index (χ0v) is 16.4. The van der Waals surface area contributed by atoms with Crippen LogP contribution in [0.4, 0.5) is 0 Å². The average Bonchev–Trinajstić information content (AvgIpc) is 2.61. The predicted octanol–water partition coefficient (Wildman–Crippen LogP) is 3.70. The lowest BCUT2D eigenvalue weighted by atomic mass is 10.1. The van der Waals surface area contributed by atoms with Crippen molar-refractivity contribution >= 4 is 23.9 Å². The van der Waals surface area contributed by atoms with Gasteiger partial charge in [-0.1, -0.05) is 29.3 Å². The Hall–Kier alpha value is -2.47. The first-order chi connectivity index (χ1) is 12.5. The van der Waals surface area contributed by atoms with E-state index in [0.717, 1.165) is 11.3 Å². The van der Waals surface area contributed by atoms with E-state index in [0.29, 0.717) is 17.3 Å². The van der Waals surface area contributed by atoms with Gasteiger partial charge in [0.25, 0.3) is 0 Å². The van der Waals surface area contributed by atoms with Crippen LogP contribution in [0, 0.1) is 13.8 Å². The van der Waals surface area contributed by atoms with Crippen LogP contribution in [-0.2, 0) is 10.5 Å². The monoisotopic (exact) mass is 372 g/mol. The maximum Gasteiger partial charge on any atom is 0.250 e. The molecule has 138 valence electrons. The lowest BCUT2D eigenvalue weighted by molar-refractivity contribution is -0.118. The first-order valence-corrected chi connectivity index (χ1v) is 9.36. The smallest absolute Gasteiger partial charge is 0.250 e. The summed E-state index contributed by atoms with van der Waals surface area (Å²) in [7, 11) is 3.17. The number of amides is 1. The number of thioether (sulfide) groups is 1. The minimum atomic E-state index is -0.136. The minimum Gasteiger partial charge on any atom is -0.497 e. The normalized spacial score (nSPS) is 10.8. The highest BCUT2D eigenvalue weighted by Gasteiger charge is 2.04. The Bertz CT molecular complexity index is 770. The molecule has 0 aliphatic heterocycles. The summed E-state index contributed by atoms with van der Waals surface area (Å²) >= 11 is 1.56. The fraction of sp³-hybridized carbons (Fsp3) is 0.300. The molecule has 0 unspecified atom stereocenters. The molecule has 0 heterocycles. The van der Waals surface area contributed by atoms with E-state index in [1.165, 1.54) is 16.7 Å². The van der Waals surface area contributed by atoms with Crippen molar-refractivity contribution < 1.29 is 14.3 Å². The van der Waals surface area contributed by atoms with Crippen molar-refractivity contribution in [1.82, 2.24) is 5.43 Å². The third kappa shape index (κ3) is 6.11. The second kappa shape index (κ2) is 9.87. The van der Waals surface area contributed by atoms with Crippen LogP contribution in [0.5, 0.6) is 11.5 Å². The summed E-state index contributed by atoms with van der Waals surface area (Å²) < 4.78 is 10.4. The Kier molecular flexibility index (Phi) is 7.53. The molecule has 1 amide bonds. The summed E-state index contributed by atoms with van der Waals surface area (Å²) in [4.78, 5) is 11.9. The molecule has 6 heteroatoms. The molecular formula is C20H24N2O3S. The molecule has 0 radical (unpaired) electrons. The molecule has 5 nitrogen and oxygen atoms in total. The number of ether oxygens (including phenoxy) is 2. The Balaban J connectivity index is 1.82. The fourth-order valence-electron chi connectivity index (χ4n) is 2.55. The number of benzene rings is 2. The number of rotatable bonds is 8. The molecule has 0 aromatic heterocycles. The molecular weight excluding hydrogens is 348 g/mol. The van der Waals surface area contributed by atoms with Crippen LogP contribution in [0.2, 0.25) is 0 Å².